The molecule has 1 unspecified atom stereocenters. The van der Waals surface area contributed by atoms with Crippen LogP contribution in [-0.2, 0) is 6.54 Å². The highest BCUT2D eigenvalue weighted by molar-refractivity contribution is 9.12. The van der Waals surface area contributed by atoms with Crippen LogP contribution in [0.1, 0.15) is 30.8 Å². The number of thiophene rings is 1. The molecular weight excluding hydrogens is 378 g/mol. The number of nitrogens with zero attached hydrogens (tertiary/aromatic N) is 2. The van der Waals surface area contributed by atoms with Crippen molar-refractivity contribution < 1.29 is 0 Å². The van der Waals surface area contributed by atoms with Crippen LogP contribution >= 0.6 is 43.2 Å². The van der Waals surface area contributed by atoms with Gasteiger partial charge in [0.15, 0.2) is 0 Å². The van der Waals surface area contributed by atoms with Gasteiger partial charge in [-0.2, -0.15) is 0 Å². The lowest BCUT2D eigenvalue weighted by Crippen LogP contribution is -2.21. The number of hydrogen-bond acceptors (Lipinski definition) is 3. The van der Waals surface area contributed by atoms with Crippen LogP contribution in [0.3, 0.4) is 0 Å². The van der Waals surface area contributed by atoms with Crippen molar-refractivity contribution in [3.8, 4) is 0 Å². The van der Waals surface area contributed by atoms with Gasteiger partial charge >= 0.3 is 0 Å². The molecule has 0 radical (unpaired) electrons. The lowest BCUT2D eigenvalue weighted by molar-refractivity contribution is 0.568. The summed E-state index contributed by atoms with van der Waals surface area (Å²) in [5.41, 5.74) is 1.22. The lowest BCUT2D eigenvalue weighted by Gasteiger charge is -2.17. The zero-order chi connectivity index (χ0) is 13.1. The summed E-state index contributed by atoms with van der Waals surface area (Å²) in [6, 6.07) is 2.25. The van der Waals surface area contributed by atoms with Gasteiger partial charge in [0.25, 0.3) is 0 Å². The van der Waals surface area contributed by atoms with E-state index in [0.29, 0.717) is 0 Å². The van der Waals surface area contributed by atoms with Crippen LogP contribution in [0.25, 0.3) is 0 Å². The van der Waals surface area contributed by atoms with Gasteiger partial charge in [-0.3, -0.25) is 0 Å². The van der Waals surface area contributed by atoms with Crippen LogP contribution in [-0.4, -0.2) is 16.6 Å². The van der Waals surface area contributed by atoms with Gasteiger partial charge in [-0.25, -0.2) is 4.98 Å². The van der Waals surface area contributed by atoms with E-state index >= 15 is 0 Å². The van der Waals surface area contributed by atoms with Crippen LogP contribution in [0, 0.1) is 0 Å². The smallest absolute Gasteiger partial charge is 0.130 e. The van der Waals surface area contributed by atoms with Gasteiger partial charge in [-0.1, -0.05) is 6.92 Å². The highest BCUT2D eigenvalue weighted by Gasteiger charge is 2.21. The standard InChI is InChI=1S/C12H15Br2N3S/c1-3-5-17-6-4-16-12(17)10(15-2)8-7-9(13)18-11(8)14/h4,6-7,10,15H,3,5H2,1-2H3. The first-order valence-corrected chi connectivity index (χ1v) is 8.20. The molecule has 2 rings (SSSR count). The molecule has 0 fully saturated rings. The SMILES string of the molecule is CCCn1ccnc1C(NC)c1cc(Br)sc1Br. The summed E-state index contributed by atoms with van der Waals surface area (Å²) in [5, 5.41) is 3.35. The average molecular weight is 393 g/mol. The first-order chi connectivity index (χ1) is 8.67. The summed E-state index contributed by atoms with van der Waals surface area (Å²) in [4.78, 5) is 4.50. The summed E-state index contributed by atoms with van der Waals surface area (Å²) >= 11 is 8.83. The molecule has 0 aliphatic heterocycles. The van der Waals surface area contributed by atoms with E-state index in [9.17, 15) is 0 Å². The van der Waals surface area contributed by atoms with Crippen molar-refractivity contribution in [2.24, 2.45) is 0 Å². The summed E-state index contributed by atoms with van der Waals surface area (Å²) in [7, 11) is 1.97. The number of aryl methyl sites for hydroxylation is 1. The molecule has 0 amide bonds. The Kier molecular flexibility index (Phi) is 5.00. The molecule has 1 atom stereocenters. The van der Waals surface area contributed by atoms with Gasteiger partial charge in [0.05, 0.1) is 13.6 Å². The number of hydrogen-bond donors (Lipinski definition) is 1. The van der Waals surface area contributed by atoms with Gasteiger partial charge < -0.3 is 9.88 Å². The second kappa shape index (κ2) is 6.32. The molecule has 0 spiro atoms. The van der Waals surface area contributed by atoms with Gasteiger partial charge in [-0.15, -0.1) is 11.3 Å². The zero-order valence-corrected chi connectivity index (χ0v) is 14.3. The van der Waals surface area contributed by atoms with Crippen molar-refractivity contribution in [3.63, 3.8) is 0 Å². The summed E-state index contributed by atoms with van der Waals surface area (Å²) in [6.07, 6.45) is 5.01. The molecule has 98 valence electrons. The molecule has 2 aromatic rings. The fourth-order valence-electron chi connectivity index (χ4n) is 1.98. The Bertz CT molecular complexity index is 521. The molecular formula is C12H15Br2N3S. The van der Waals surface area contributed by atoms with Crippen molar-refractivity contribution in [3.05, 3.63) is 37.4 Å². The molecule has 3 nitrogen and oxygen atoms in total. The quantitative estimate of drug-likeness (QED) is 0.826. The van der Waals surface area contributed by atoms with Crippen molar-refractivity contribution in [2.75, 3.05) is 7.05 Å². The summed E-state index contributed by atoms with van der Waals surface area (Å²) in [5.74, 6) is 1.06. The molecule has 0 aliphatic carbocycles. The predicted molar refractivity (Wildman–Crippen MR) is 83.1 cm³/mol. The first-order valence-electron chi connectivity index (χ1n) is 5.80. The summed E-state index contributed by atoms with van der Waals surface area (Å²) in [6.45, 7) is 3.17. The molecule has 6 heteroatoms. The maximum absolute atomic E-state index is 4.50. The van der Waals surface area contributed by atoms with E-state index in [0.717, 1.165) is 26.4 Å². The highest BCUT2D eigenvalue weighted by atomic mass is 79.9. The van der Waals surface area contributed by atoms with Crippen LogP contribution in [0.5, 0.6) is 0 Å². The van der Waals surface area contributed by atoms with Gasteiger partial charge in [0.2, 0.25) is 0 Å². The van der Waals surface area contributed by atoms with E-state index < -0.39 is 0 Å². The number of aromatic nitrogens is 2. The second-order valence-corrected chi connectivity index (χ2v) is 7.73. The molecule has 0 aliphatic rings. The first kappa shape index (κ1) is 14.2. The third kappa shape index (κ3) is 2.87. The summed E-state index contributed by atoms with van der Waals surface area (Å²) < 4.78 is 4.47. The molecule has 18 heavy (non-hydrogen) atoms. The van der Waals surface area contributed by atoms with E-state index in [-0.39, 0.29) is 6.04 Å². The number of rotatable bonds is 5. The Morgan fingerprint density at radius 3 is 2.83 bits per heavy atom. The van der Waals surface area contributed by atoms with Crippen LogP contribution in [0.4, 0.5) is 0 Å². The van der Waals surface area contributed by atoms with Gasteiger partial charge in [-0.05, 0) is 51.4 Å². The molecule has 2 heterocycles. The molecule has 0 saturated heterocycles. The van der Waals surface area contributed by atoms with E-state index in [1.165, 1.54) is 5.56 Å². The van der Waals surface area contributed by atoms with E-state index in [1.54, 1.807) is 11.3 Å². The maximum Gasteiger partial charge on any atom is 0.130 e. The molecule has 1 N–H and O–H groups in total. The van der Waals surface area contributed by atoms with Gasteiger partial charge in [0.1, 0.15) is 5.82 Å². The Balaban J connectivity index is 2.39. The van der Waals surface area contributed by atoms with Gasteiger partial charge in [0, 0.05) is 24.5 Å². The molecule has 0 aromatic carbocycles. The Morgan fingerprint density at radius 2 is 2.28 bits per heavy atom. The Morgan fingerprint density at radius 1 is 1.50 bits per heavy atom. The van der Waals surface area contributed by atoms with E-state index in [4.69, 9.17) is 0 Å². The highest BCUT2D eigenvalue weighted by Crippen LogP contribution is 2.37. The minimum absolute atomic E-state index is 0.114. The maximum atomic E-state index is 4.50. The zero-order valence-electron chi connectivity index (χ0n) is 10.3. The third-order valence-corrected chi connectivity index (χ3v) is 5.14. The molecule has 0 saturated carbocycles. The predicted octanol–water partition coefficient (Wildman–Crippen LogP) is 4.19. The topological polar surface area (TPSA) is 29.9 Å². The Labute approximate surface area is 128 Å². The van der Waals surface area contributed by atoms with Crippen LogP contribution in [0.2, 0.25) is 0 Å². The van der Waals surface area contributed by atoms with Crippen molar-refractivity contribution in [2.45, 2.75) is 25.9 Å². The van der Waals surface area contributed by atoms with Crippen molar-refractivity contribution >= 4 is 43.2 Å². The molecule has 2 aromatic heterocycles. The van der Waals surface area contributed by atoms with Crippen molar-refractivity contribution in [1.82, 2.24) is 14.9 Å². The minimum Gasteiger partial charge on any atom is -0.333 e. The fourth-order valence-corrected chi connectivity index (χ4v) is 4.89. The second-order valence-electron chi connectivity index (χ2n) is 3.98. The normalized spacial score (nSPS) is 12.9. The largest absolute Gasteiger partial charge is 0.333 e. The van der Waals surface area contributed by atoms with E-state index in [1.807, 2.05) is 19.4 Å². The number of nitrogens with one attached hydrogen (secondary N) is 1. The van der Waals surface area contributed by atoms with E-state index in [2.05, 4.69) is 59.7 Å². The molecule has 0 bridgehead atoms. The lowest BCUT2D eigenvalue weighted by atomic mass is 10.1. The number of halogens is 2. The third-order valence-electron chi connectivity index (χ3n) is 2.75. The van der Waals surface area contributed by atoms with Crippen LogP contribution < -0.4 is 5.32 Å². The monoisotopic (exact) mass is 391 g/mol. The van der Waals surface area contributed by atoms with Crippen molar-refractivity contribution in [1.29, 1.82) is 0 Å². The van der Waals surface area contributed by atoms with Crippen LogP contribution in [0.15, 0.2) is 26.0 Å². The average Bonchev–Trinajstić information content (AvgIpc) is 2.89. The fraction of sp³-hybridized carbons (Fsp3) is 0.417. The Hall–Kier alpha value is -0.170. The number of imidazole rings is 1. The minimum atomic E-state index is 0.114.